The van der Waals surface area contributed by atoms with Gasteiger partial charge < -0.3 is 23.9 Å². The fraction of sp³-hybridized carbons (Fsp3) is 0.235. The number of aromatic nitrogens is 2. The zero-order chi connectivity index (χ0) is 17.4. The van der Waals surface area contributed by atoms with Crippen molar-refractivity contribution in [2.24, 2.45) is 0 Å². The van der Waals surface area contributed by atoms with Crippen molar-refractivity contribution < 1.29 is 23.4 Å². The topological polar surface area (TPSA) is 95.7 Å². The van der Waals surface area contributed by atoms with Crippen molar-refractivity contribution in [3.63, 3.8) is 0 Å². The third-order valence-electron chi connectivity index (χ3n) is 3.78. The van der Waals surface area contributed by atoms with Gasteiger partial charge in [-0.1, -0.05) is 0 Å². The Morgan fingerprint density at radius 3 is 2.96 bits per heavy atom. The number of benzene rings is 1. The van der Waals surface area contributed by atoms with Crippen LogP contribution in [-0.4, -0.2) is 29.3 Å². The summed E-state index contributed by atoms with van der Waals surface area (Å²) in [5, 5.41) is 3.66. The molecular formula is C17H15N3O5. The van der Waals surface area contributed by atoms with Gasteiger partial charge in [0.05, 0.1) is 12.0 Å². The Bertz CT molecular complexity index is 966. The molecule has 2 aromatic heterocycles. The first-order valence-electron chi connectivity index (χ1n) is 7.75. The third kappa shape index (κ3) is 2.61. The largest absolute Gasteiger partial charge is 0.462 e. The molecule has 0 spiro atoms. The second-order valence-corrected chi connectivity index (χ2v) is 5.35. The van der Waals surface area contributed by atoms with Gasteiger partial charge in [-0.25, -0.2) is 14.8 Å². The van der Waals surface area contributed by atoms with E-state index >= 15 is 0 Å². The average Bonchev–Trinajstić information content (AvgIpc) is 3.18. The molecule has 0 saturated heterocycles. The molecule has 1 aliphatic heterocycles. The van der Waals surface area contributed by atoms with Crippen molar-refractivity contribution >= 4 is 28.6 Å². The Labute approximate surface area is 142 Å². The number of nitrogens with one attached hydrogen (secondary N) is 1. The number of ether oxygens (including phenoxy) is 3. The zero-order valence-corrected chi connectivity index (χ0v) is 13.7. The molecule has 3 aromatic rings. The smallest absolute Gasteiger partial charge is 0.342 e. The summed E-state index contributed by atoms with van der Waals surface area (Å²) in [5.74, 6) is 1.74. The highest BCUT2D eigenvalue weighted by atomic mass is 16.7. The molecule has 0 aliphatic carbocycles. The number of fused-ring (bicyclic) bond motifs is 2. The van der Waals surface area contributed by atoms with Gasteiger partial charge in [0.15, 0.2) is 11.5 Å². The lowest BCUT2D eigenvalue weighted by molar-refractivity contribution is 0.0526. The number of hydrogen-bond acceptors (Lipinski definition) is 8. The molecule has 1 aliphatic rings. The molecule has 8 heteroatoms. The Morgan fingerprint density at radius 2 is 2.12 bits per heavy atom. The first-order valence-corrected chi connectivity index (χ1v) is 7.75. The van der Waals surface area contributed by atoms with E-state index in [0.29, 0.717) is 39.7 Å². The van der Waals surface area contributed by atoms with Gasteiger partial charge in [0.2, 0.25) is 12.5 Å². The molecule has 25 heavy (non-hydrogen) atoms. The van der Waals surface area contributed by atoms with Crippen molar-refractivity contribution in [3.8, 4) is 11.5 Å². The van der Waals surface area contributed by atoms with Crippen LogP contribution < -0.4 is 14.8 Å². The van der Waals surface area contributed by atoms with Gasteiger partial charge in [-0.3, -0.25) is 0 Å². The summed E-state index contributed by atoms with van der Waals surface area (Å²) < 4.78 is 21.4. The van der Waals surface area contributed by atoms with E-state index in [-0.39, 0.29) is 13.4 Å². The van der Waals surface area contributed by atoms with Gasteiger partial charge >= 0.3 is 5.97 Å². The van der Waals surface area contributed by atoms with E-state index in [1.165, 1.54) is 6.33 Å². The number of rotatable bonds is 4. The van der Waals surface area contributed by atoms with E-state index in [0.717, 1.165) is 5.69 Å². The number of anilines is 2. The summed E-state index contributed by atoms with van der Waals surface area (Å²) in [6.07, 6.45) is 1.37. The monoisotopic (exact) mass is 341 g/mol. The molecule has 3 heterocycles. The summed E-state index contributed by atoms with van der Waals surface area (Å²) in [5.41, 5.74) is 1.37. The Kier molecular flexibility index (Phi) is 3.64. The maximum Gasteiger partial charge on any atom is 0.342 e. The van der Waals surface area contributed by atoms with E-state index in [9.17, 15) is 4.79 Å². The number of furan rings is 1. The van der Waals surface area contributed by atoms with Crippen LogP contribution in [0.2, 0.25) is 0 Å². The number of carbonyl (C=O) groups is 1. The molecule has 8 nitrogen and oxygen atoms in total. The van der Waals surface area contributed by atoms with Crippen LogP contribution in [0, 0.1) is 6.92 Å². The summed E-state index contributed by atoms with van der Waals surface area (Å²) in [6, 6.07) is 5.43. The molecule has 0 saturated carbocycles. The van der Waals surface area contributed by atoms with Crippen LogP contribution in [0.25, 0.3) is 11.1 Å². The minimum Gasteiger partial charge on any atom is -0.462 e. The van der Waals surface area contributed by atoms with Crippen molar-refractivity contribution in [2.75, 3.05) is 18.7 Å². The van der Waals surface area contributed by atoms with Gasteiger partial charge in [-0.2, -0.15) is 0 Å². The second-order valence-electron chi connectivity index (χ2n) is 5.35. The second kappa shape index (κ2) is 5.97. The van der Waals surface area contributed by atoms with Crippen LogP contribution in [0.4, 0.5) is 11.5 Å². The van der Waals surface area contributed by atoms with Crippen molar-refractivity contribution in [2.45, 2.75) is 13.8 Å². The standard InChI is InChI=1S/C17H15N3O5/c1-3-22-17(21)13-9(2)25-16-14(13)15(18-7-19-16)20-10-4-5-11-12(6-10)24-8-23-11/h4-7H,3,8H2,1-2H3,(H,18,19,20). The molecule has 1 N–H and O–H groups in total. The number of hydrogen-bond donors (Lipinski definition) is 1. The number of nitrogens with zero attached hydrogens (tertiary/aromatic N) is 2. The zero-order valence-electron chi connectivity index (χ0n) is 13.7. The molecule has 0 amide bonds. The average molecular weight is 341 g/mol. The normalized spacial score (nSPS) is 12.4. The van der Waals surface area contributed by atoms with Crippen LogP contribution in [0.3, 0.4) is 0 Å². The van der Waals surface area contributed by atoms with E-state index < -0.39 is 5.97 Å². The molecular weight excluding hydrogens is 326 g/mol. The first kappa shape index (κ1) is 15.3. The van der Waals surface area contributed by atoms with Crippen molar-refractivity contribution in [1.82, 2.24) is 9.97 Å². The molecule has 0 fully saturated rings. The summed E-state index contributed by atoms with van der Waals surface area (Å²) >= 11 is 0. The highest BCUT2D eigenvalue weighted by Crippen LogP contribution is 2.36. The molecule has 0 bridgehead atoms. The van der Waals surface area contributed by atoms with Crippen LogP contribution in [0.15, 0.2) is 28.9 Å². The van der Waals surface area contributed by atoms with Gasteiger partial charge in [-0.15, -0.1) is 0 Å². The SMILES string of the molecule is CCOC(=O)c1c(C)oc2ncnc(Nc3ccc4c(c3)OCO4)c12. The summed E-state index contributed by atoms with van der Waals surface area (Å²) in [6.45, 7) is 3.91. The number of carbonyl (C=O) groups excluding carboxylic acids is 1. The number of esters is 1. The summed E-state index contributed by atoms with van der Waals surface area (Å²) in [7, 11) is 0. The van der Waals surface area contributed by atoms with E-state index in [1.807, 2.05) is 6.07 Å². The molecule has 4 rings (SSSR count). The minimum atomic E-state index is -0.470. The van der Waals surface area contributed by atoms with Crippen LogP contribution in [0.5, 0.6) is 11.5 Å². The first-order chi connectivity index (χ1) is 12.2. The van der Waals surface area contributed by atoms with Crippen LogP contribution in [-0.2, 0) is 4.74 Å². The van der Waals surface area contributed by atoms with Gasteiger partial charge in [-0.05, 0) is 26.0 Å². The molecule has 0 atom stereocenters. The molecule has 0 radical (unpaired) electrons. The lowest BCUT2D eigenvalue weighted by Crippen LogP contribution is -2.06. The number of aryl methyl sites for hydroxylation is 1. The van der Waals surface area contributed by atoms with Crippen molar-refractivity contribution in [3.05, 3.63) is 35.9 Å². The lowest BCUT2D eigenvalue weighted by Gasteiger charge is -2.08. The maximum absolute atomic E-state index is 12.3. The highest BCUT2D eigenvalue weighted by molar-refractivity contribution is 6.08. The Balaban J connectivity index is 1.78. The predicted octanol–water partition coefficient (Wildman–Crippen LogP) is 3.18. The van der Waals surface area contributed by atoms with Gasteiger partial charge in [0.1, 0.15) is 23.5 Å². The predicted molar refractivity (Wildman–Crippen MR) is 88.3 cm³/mol. The molecule has 0 unspecified atom stereocenters. The fourth-order valence-electron chi connectivity index (χ4n) is 2.70. The summed E-state index contributed by atoms with van der Waals surface area (Å²) in [4.78, 5) is 20.6. The van der Waals surface area contributed by atoms with E-state index in [2.05, 4.69) is 15.3 Å². The fourth-order valence-corrected chi connectivity index (χ4v) is 2.70. The van der Waals surface area contributed by atoms with Crippen molar-refractivity contribution in [1.29, 1.82) is 0 Å². The Morgan fingerprint density at radius 1 is 1.28 bits per heavy atom. The van der Waals surface area contributed by atoms with E-state index in [4.69, 9.17) is 18.6 Å². The lowest BCUT2D eigenvalue weighted by atomic mass is 10.2. The Hall–Kier alpha value is -3.29. The highest BCUT2D eigenvalue weighted by Gasteiger charge is 2.24. The van der Waals surface area contributed by atoms with Crippen LogP contribution in [0.1, 0.15) is 23.0 Å². The third-order valence-corrected chi connectivity index (χ3v) is 3.78. The van der Waals surface area contributed by atoms with Crippen LogP contribution >= 0.6 is 0 Å². The minimum absolute atomic E-state index is 0.199. The maximum atomic E-state index is 12.3. The van der Waals surface area contributed by atoms with Gasteiger partial charge in [0.25, 0.3) is 0 Å². The quantitative estimate of drug-likeness (QED) is 0.723. The molecule has 128 valence electrons. The molecule has 1 aromatic carbocycles. The van der Waals surface area contributed by atoms with Gasteiger partial charge in [0, 0.05) is 11.8 Å². The van der Waals surface area contributed by atoms with E-state index in [1.54, 1.807) is 26.0 Å².